The van der Waals surface area contributed by atoms with E-state index >= 15 is 0 Å². The second-order valence-corrected chi connectivity index (χ2v) is 6.65. The minimum absolute atomic E-state index is 0.0178. The fourth-order valence-corrected chi connectivity index (χ4v) is 3.68. The predicted molar refractivity (Wildman–Crippen MR) is 72.1 cm³/mol. The Morgan fingerprint density at radius 2 is 1.95 bits per heavy atom. The molecule has 1 aromatic heterocycles. The molecule has 0 amide bonds. The third-order valence-electron chi connectivity index (χ3n) is 3.45. The SMILES string of the molecule is NC1CCN(S(=O)(=O)c2nc3ccccc3[nH]2)CC1. The number of benzene rings is 1. The number of imidazole rings is 1. The average Bonchev–Trinajstić information content (AvgIpc) is 2.83. The molecule has 1 saturated heterocycles. The zero-order chi connectivity index (χ0) is 13.5. The van der Waals surface area contributed by atoms with Crippen LogP contribution in [0.3, 0.4) is 0 Å². The van der Waals surface area contributed by atoms with Crippen LogP contribution in [-0.2, 0) is 10.0 Å². The molecule has 6 nitrogen and oxygen atoms in total. The molecule has 3 rings (SSSR count). The first kappa shape index (κ1) is 12.6. The smallest absolute Gasteiger partial charge is 0.276 e. The lowest BCUT2D eigenvalue weighted by molar-refractivity contribution is 0.318. The minimum Gasteiger partial charge on any atom is -0.328 e. The number of para-hydroxylation sites is 2. The van der Waals surface area contributed by atoms with Gasteiger partial charge in [0, 0.05) is 19.1 Å². The highest BCUT2D eigenvalue weighted by molar-refractivity contribution is 7.89. The summed E-state index contributed by atoms with van der Waals surface area (Å²) in [5.41, 5.74) is 7.19. The second kappa shape index (κ2) is 4.59. The summed E-state index contributed by atoms with van der Waals surface area (Å²) in [4.78, 5) is 7.03. The molecule has 0 atom stereocenters. The van der Waals surface area contributed by atoms with Gasteiger partial charge >= 0.3 is 0 Å². The zero-order valence-corrected chi connectivity index (χ0v) is 11.2. The van der Waals surface area contributed by atoms with E-state index in [0.717, 1.165) is 5.52 Å². The maximum absolute atomic E-state index is 12.5. The summed E-state index contributed by atoms with van der Waals surface area (Å²) in [6.07, 6.45) is 1.39. The van der Waals surface area contributed by atoms with Crippen LogP contribution in [0.25, 0.3) is 11.0 Å². The molecular formula is C12H16N4O2S. The number of nitrogens with zero attached hydrogens (tertiary/aromatic N) is 2. The van der Waals surface area contributed by atoms with Gasteiger partial charge in [-0.1, -0.05) is 12.1 Å². The van der Waals surface area contributed by atoms with Crippen molar-refractivity contribution in [3.05, 3.63) is 24.3 Å². The molecule has 0 radical (unpaired) electrons. The van der Waals surface area contributed by atoms with Crippen molar-refractivity contribution in [2.45, 2.75) is 24.0 Å². The van der Waals surface area contributed by atoms with Crippen LogP contribution < -0.4 is 5.73 Å². The second-order valence-electron chi connectivity index (χ2n) is 4.80. The number of piperidine rings is 1. The summed E-state index contributed by atoms with van der Waals surface area (Å²) in [6, 6.07) is 7.38. The summed E-state index contributed by atoms with van der Waals surface area (Å²) >= 11 is 0. The number of aromatic amines is 1. The van der Waals surface area contributed by atoms with Gasteiger partial charge in [-0.2, -0.15) is 4.31 Å². The van der Waals surface area contributed by atoms with Gasteiger partial charge in [-0.15, -0.1) is 0 Å². The Hall–Kier alpha value is -1.44. The first-order chi connectivity index (χ1) is 9.07. The molecule has 1 aromatic carbocycles. The van der Waals surface area contributed by atoms with Crippen LogP contribution in [0.5, 0.6) is 0 Å². The van der Waals surface area contributed by atoms with Crippen LogP contribution in [0.4, 0.5) is 0 Å². The molecule has 102 valence electrons. The van der Waals surface area contributed by atoms with Crippen LogP contribution >= 0.6 is 0 Å². The van der Waals surface area contributed by atoms with E-state index in [-0.39, 0.29) is 11.2 Å². The standard InChI is InChI=1S/C12H16N4O2S/c13-9-5-7-16(8-6-9)19(17,18)12-14-10-3-1-2-4-11(10)15-12/h1-4,9H,5-8,13H2,(H,14,15). The maximum atomic E-state index is 12.5. The Bertz CT molecular complexity index is 654. The van der Waals surface area contributed by atoms with Crippen LogP contribution in [0.2, 0.25) is 0 Å². The Morgan fingerprint density at radius 3 is 2.63 bits per heavy atom. The highest BCUT2D eigenvalue weighted by Gasteiger charge is 2.30. The predicted octanol–water partition coefficient (Wildman–Crippen LogP) is 0.675. The van der Waals surface area contributed by atoms with E-state index in [9.17, 15) is 8.42 Å². The molecule has 19 heavy (non-hydrogen) atoms. The number of hydrogen-bond donors (Lipinski definition) is 2. The van der Waals surface area contributed by atoms with Crippen LogP contribution in [0.15, 0.2) is 29.4 Å². The lowest BCUT2D eigenvalue weighted by atomic mass is 10.1. The first-order valence-electron chi connectivity index (χ1n) is 6.28. The van der Waals surface area contributed by atoms with Gasteiger partial charge in [-0.25, -0.2) is 13.4 Å². The summed E-state index contributed by atoms with van der Waals surface area (Å²) in [5, 5.41) is 0.0178. The minimum atomic E-state index is -3.54. The fraction of sp³-hybridized carbons (Fsp3) is 0.417. The number of nitrogens with one attached hydrogen (secondary N) is 1. The Labute approximate surface area is 111 Å². The van der Waals surface area contributed by atoms with Gasteiger partial charge in [0.05, 0.1) is 11.0 Å². The number of sulfonamides is 1. The lowest BCUT2D eigenvalue weighted by Crippen LogP contribution is -2.43. The molecule has 1 fully saturated rings. The van der Waals surface area contributed by atoms with Crippen molar-refractivity contribution in [2.75, 3.05) is 13.1 Å². The molecule has 2 heterocycles. The number of H-pyrrole nitrogens is 1. The van der Waals surface area contributed by atoms with Crippen molar-refractivity contribution in [1.82, 2.24) is 14.3 Å². The molecule has 0 saturated carbocycles. The first-order valence-corrected chi connectivity index (χ1v) is 7.72. The third kappa shape index (κ3) is 2.24. The highest BCUT2D eigenvalue weighted by Crippen LogP contribution is 2.20. The van der Waals surface area contributed by atoms with Gasteiger partial charge < -0.3 is 10.7 Å². The van der Waals surface area contributed by atoms with Crippen LogP contribution in [0.1, 0.15) is 12.8 Å². The monoisotopic (exact) mass is 280 g/mol. The van der Waals surface area contributed by atoms with Gasteiger partial charge in [0.1, 0.15) is 0 Å². The van der Waals surface area contributed by atoms with Gasteiger partial charge in [-0.05, 0) is 25.0 Å². The van der Waals surface area contributed by atoms with Gasteiger partial charge in [0.15, 0.2) is 0 Å². The van der Waals surface area contributed by atoms with E-state index in [1.54, 1.807) is 6.07 Å². The maximum Gasteiger partial charge on any atom is 0.276 e. The van der Waals surface area contributed by atoms with Crippen molar-refractivity contribution in [2.24, 2.45) is 5.73 Å². The fourth-order valence-electron chi connectivity index (χ4n) is 2.29. The van der Waals surface area contributed by atoms with Crippen molar-refractivity contribution in [3.63, 3.8) is 0 Å². The molecule has 7 heteroatoms. The van der Waals surface area contributed by atoms with E-state index in [4.69, 9.17) is 5.73 Å². The topological polar surface area (TPSA) is 92.1 Å². The number of rotatable bonds is 2. The molecular weight excluding hydrogens is 264 g/mol. The normalized spacial score (nSPS) is 19.0. The van der Waals surface area contributed by atoms with E-state index in [2.05, 4.69) is 9.97 Å². The Morgan fingerprint density at radius 1 is 1.26 bits per heavy atom. The third-order valence-corrected chi connectivity index (χ3v) is 5.18. The van der Waals surface area contributed by atoms with Gasteiger partial charge in [0.25, 0.3) is 10.0 Å². The number of fused-ring (bicyclic) bond motifs is 1. The lowest BCUT2D eigenvalue weighted by Gasteiger charge is -2.28. The largest absolute Gasteiger partial charge is 0.328 e. The highest BCUT2D eigenvalue weighted by atomic mass is 32.2. The summed E-state index contributed by atoms with van der Waals surface area (Å²) in [7, 11) is -3.54. The Balaban J connectivity index is 1.95. The van der Waals surface area contributed by atoms with Crippen molar-refractivity contribution in [3.8, 4) is 0 Å². The van der Waals surface area contributed by atoms with E-state index < -0.39 is 10.0 Å². The zero-order valence-electron chi connectivity index (χ0n) is 10.4. The molecule has 1 aliphatic rings. The molecule has 1 aliphatic heterocycles. The number of aromatic nitrogens is 2. The Kier molecular flexibility index (Phi) is 3.04. The van der Waals surface area contributed by atoms with Crippen molar-refractivity contribution < 1.29 is 8.42 Å². The summed E-state index contributed by atoms with van der Waals surface area (Å²) in [5.74, 6) is 0. The number of nitrogens with two attached hydrogens (primary N) is 1. The molecule has 3 N–H and O–H groups in total. The van der Waals surface area contributed by atoms with Gasteiger partial charge in [-0.3, -0.25) is 0 Å². The van der Waals surface area contributed by atoms with Crippen molar-refractivity contribution >= 4 is 21.1 Å². The average molecular weight is 280 g/mol. The molecule has 0 aliphatic carbocycles. The molecule has 2 aromatic rings. The van der Waals surface area contributed by atoms with Gasteiger partial charge in [0.2, 0.25) is 5.16 Å². The van der Waals surface area contributed by atoms with E-state index in [0.29, 0.717) is 31.4 Å². The summed E-state index contributed by atoms with van der Waals surface area (Å²) < 4.78 is 26.4. The quantitative estimate of drug-likeness (QED) is 0.846. The van der Waals surface area contributed by atoms with Crippen LogP contribution in [0, 0.1) is 0 Å². The van der Waals surface area contributed by atoms with E-state index in [1.165, 1.54) is 4.31 Å². The number of hydrogen-bond acceptors (Lipinski definition) is 4. The molecule has 0 unspecified atom stereocenters. The molecule has 0 spiro atoms. The van der Waals surface area contributed by atoms with E-state index in [1.807, 2.05) is 18.2 Å². The van der Waals surface area contributed by atoms with Crippen LogP contribution in [-0.4, -0.2) is 41.8 Å². The summed E-state index contributed by atoms with van der Waals surface area (Å²) in [6.45, 7) is 0.918. The van der Waals surface area contributed by atoms with Crippen molar-refractivity contribution in [1.29, 1.82) is 0 Å². The molecule has 0 bridgehead atoms.